The van der Waals surface area contributed by atoms with E-state index in [1.807, 2.05) is 6.20 Å². The van der Waals surface area contributed by atoms with Crippen LogP contribution in [0.3, 0.4) is 0 Å². The lowest BCUT2D eigenvalue weighted by atomic mass is 10.1. The van der Waals surface area contributed by atoms with Crippen LogP contribution in [0, 0.1) is 12.8 Å². The van der Waals surface area contributed by atoms with Gasteiger partial charge in [-0.1, -0.05) is 12.8 Å². The number of hydrogen-bond acceptors (Lipinski definition) is 4. The summed E-state index contributed by atoms with van der Waals surface area (Å²) < 4.78 is 0. The minimum Gasteiger partial charge on any atom is -0.340 e. The third-order valence-electron chi connectivity index (χ3n) is 5.60. The molecular weight excluding hydrogens is 302 g/mol. The van der Waals surface area contributed by atoms with E-state index in [-0.39, 0.29) is 0 Å². The van der Waals surface area contributed by atoms with E-state index in [9.17, 15) is 4.79 Å². The van der Waals surface area contributed by atoms with Gasteiger partial charge in [-0.25, -0.2) is 0 Å². The van der Waals surface area contributed by atoms with Gasteiger partial charge < -0.3 is 10.2 Å². The molecule has 3 rings (SSSR count). The van der Waals surface area contributed by atoms with Crippen LogP contribution < -0.4 is 5.32 Å². The zero-order chi connectivity index (χ0) is 16.9. The lowest BCUT2D eigenvalue weighted by Crippen LogP contribution is -2.51. The summed E-state index contributed by atoms with van der Waals surface area (Å²) in [6.45, 7) is 10.0. The number of piperazine rings is 1. The fourth-order valence-corrected chi connectivity index (χ4v) is 3.97. The number of aromatic amines is 1. The summed E-state index contributed by atoms with van der Waals surface area (Å²) in [6.07, 6.45) is 6.58. The highest BCUT2D eigenvalue weighted by atomic mass is 16.2. The number of aryl methyl sites for hydroxylation is 1. The summed E-state index contributed by atoms with van der Waals surface area (Å²) >= 11 is 0. The number of rotatable bonds is 6. The molecule has 2 N–H and O–H groups in total. The fraction of sp³-hybridized carbons (Fsp3) is 0.778. The SMILES string of the molecule is Cc1[nH]ncc1[C@H](C)NCCN1CCN(C(=O)C2CCCC2)CC1. The molecule has 1 amide bonds. The fourth-order valence-electron chi connectivity index (χ4n) is 3.97. The highest BCUT2D eigenvalue weighted by Gasteiger charge is 2.29. The Morgan fingerprint density at radius 2 is 2.04 bits per heavy atom. The van der Waals surface area contributed by atoms with Gasteiger partial charge in [-0.3, -0.25) is 14.8 Å². The quantitative estimate of drug-likeness (QED) is 0.832. The van der Waals surface area contributed by atoms with Crippen molar-refractivity contribution in [2.24, 2.45) is 5.92 Å². The van der Waals surface area contributed by atoms with E-state index < -0.39 is 0 Å². The molecule has 6 heteroatoms. The van der Waals surface area contributed by atoms with Crippen molar-refractivity contribution in [2.45, 2.75) is 45.6 Å². The molecule has 1 aliphatic carbocycles. The highest BCUT2D eigenvalue weighted by molar-refractivity contribution is 5.79. The molecule has 134 valence electrons. The van der Waals surface area contributed by atoms with Gasteiger partial charge in [-0.15, -0.1) is 0 Å². The summed E-state index contributed by atoms with van der Waals surface area (Å²) in [5.41, 5.74) is 2.37. The molecule has 1 aliphatic heterocycles. The van der Waals surface area contributed by atoms with Gasteiger partial charge >= 0.3 is 0 Å². The van der Waals surface area contributed by atoms with Crippen LogP contribution >= 0.6 is 0 Å². The molecule has 2 aliphatic rings. The van der Waals surface area contributed by atoms with Gasteiger partial charge in [0, 0.05) is 62.5 Å². The highest BCUT2D eigenvalue weighted by Crippen LogP contribution is 2.26. The van der Waals surface area contributed by atoms with E-state index >= 15 is 0 Å². The van der Waals surface area contributed by atoms with Gasteiger partial charge in [-0.2, -0.15) is 5.10 Å². The number of carbonyl (C=O) groups is 1. The molecule has 0 aromatic carbocycles. The summed E-state index contributed by atoms with van der Waals surface area (Å²) in [4.78, 5) is 17.0. The molecule has 2 heterocycles. The molecule has 1 atom stereocenters. The van der Waals surface area contributed by atoms with E-state index in [0.717, 1.165) is 57.8 Å². The normalized spacial score (nSPS) is 21.3. The lowest BCUT2D eigenvalue weighted by Gasteiger charge is -2.36. The Labute approximate surface area is 145 Å². The minimum absolute atomic E-state index is 0.314. The van der Waals surface area contributed by atoms with Crippen LogP contribution in [0.4, 0.5) is 0 Å². The Bertz CT molecular complexity index is 529. The van der Waals surface area contributed by atoms with Crippen LogP contribution in [-0.2, 0) is 4.79 Å². The summed E-state index contributed by atoms with van der Waals surface area (Å²) in [6, 6.07) is 0.314. The van der Waals surface area contributed by atoms with Crippen molar-refractivity contribution in [1.29, 1.82) is 0 Å². The van der Waals surface area contributed by atoms with Crippen molar-refractivity contribution in [3.05, 3.63) is 17.5 Å². The maximum atomic E-state index is 12.5. The average molecular weight is 333 g/mol. The minimum atomic E-state index is 0.314. The number of hydrogen-bond donors (Lipinski definition) is 2. The van der Waals surface area contributed by atoms with Crippen LogP contribution in [0.1, 0.15) is 49.9 Å². The first-order chi connectivity index (χ1) is 11.6. The molecular formula is C18H31N5O. The Morgan fingerprint density at radius 1 is 1.33 bits per heavy atom. The standard InChI is InChI=1S/C18H31N5O/c1-14(17-13-20-21-15(17)2)19-7-8-22-9-11-23(12-10-22)18(24)16-5-3-4-6-16/h13-14,16,19H,3-12H2,1-2H3,(H,20,21)/t14-/m0/s1. The molecule has 0 unspecified atom stereocenters. The van der Waals surface area contributed by atoms with Gasteiger partial charge in [-0.05, 0) is 26.7 Å². The maximum Gasteiger partial charge on any atom is 0.225 e. The van der Waals surface area contributed by atoms with Crippen LogP contribution in [-0.4, -0.2) is 65.2 Å². The molecule has 0 spiro atoms. The third-order valence-corrected chi connectivity index (χ3v) is 5.60. The predicted molar refractivity (Wildman–Crippen MR) is 94.7 cm³/mol. The molecule has 1 aromatic heterocycles. The molecule has 1 saturated carbocycles. The number of nitrogens with zero attached hydrogens (tertiary/aromatic N) is 3. The molecule has 1 aromatic rings. The second-order valence-corrected chi connectivity index (χ2v) is 7.27. The average Bonchev–Trinajstić information content (AvgIpc) is 3.26. The summed E-state index contributed by atoms with van der Waals surface area (Å²) in [5.74, 6) is 0.728. The summed E-state index contributed by atoms with van der Waals surface area (Å²) in [7, 11) is 0. The second-order valence-electron chi connectivity index (χ2n) is 7.27. The Balaban J connectivity index is 1.35. The first kappa shape index (κ1) is 17.4. The van der Waals surface area contributed by atoms with Gasteiger partial charge in [0.15, 0.2) is 0 Å². The van der Waals surface area contributed by atoms with E-state index in [4.69, 9.17) is 0 Å². The first-order valence-electron chi connectivity index (χ1n) is 9.39. The van der Waals surface area contributed by atoms with Gasteiger partial charge in [0.25, 0.3) is 0 Å². The van der Waals surface area contributed by atoms with Crippen molar-refractivity contribution in [1.82, 2.24) is 25.3 Å². The van der Waals surface area contributed by atoms with Crippen LogP contribution in [0.25, 0.3) is 0 Å². The molecule has 0 bridgehead atoms. The first-order valence-corrected chi connectivity index (χ1v) is 9.39. The molecule has 0 radical (unpaired) electrons. The zero-order valence-electron chi connectivity index (χ0n) is 15.1. The number of H-pyrrole nitrogens is 1. The Hall–Kier alpha value is -1.40. The predicted octanol–water partition coefficient (Wildman–Crippen LogP) is 1.70. The summed E-state index contributed by atoms with van der Waals surface area (Å²) in [5, 5.41) is 10.6. The van der Waals surface area contributed by atoms with Crippen molar-refractivity contribution in [3.63, 3.8) is 0 Å². The monoisotopic (exact) mass is 333 g/mol. The number of nitrogens with one attached hydrogen (secondary N) is 2. The maximum absolute atomic E-state index is 12.5. The molecule has 1 saturated heterocycles. The van der Waals surface area contributed by atoms with Crippen LogP contribution in [0.2, 0.25) is 0 Å². The molecule has 2 fully saturated rings. The second kappa shape index (κ2) is 8.12. The van der Waals surface area contributed by atoms with Crippen molar-refractivity contribution >= 4 is 5.91 Å². The van der Waals surface area contributed by atoms with Crippen molar-refractivity contribution < 1.29 is 4.79 Å². The van der Waals surface area contributed by atoms with Gasteiger partial charge in [0.1, 0.15) is 0 Å². The van der Waals surface area contributed by atoms with Crippen LogP contribution in [0.5, 0.6) is 0 Å². The number of aromatic nitrogens is 2. The third kappa shape index (κ3) is 4.16. The van der Waals surface area contributed by atoms with E-state index in [1.54, 1.807) is 0 Å². The van der Waals surface area contributed by atoms with Crippen LogP contribution in [0.15, 0.2) is 6.20 Å². The molecule has 24 heavy (non-hydrogen) atoms. The zero-order valence-corrected chi connectivity index (χ0v) is 15.1. The van der Waals surface area contributed by atoms with Gasteiger partial charge in [0.05, 0.1) is 6.20 Å². The van der Waals surface area contributed by atoms with E-state index in [0.29, 0.717) is 17.9 Å². The largest absolute Gasteiger partial charge is 0.340 e. The lowest BCUT2D eigenvalue weighted by molar-refractivity contribution is -0.137. The Kier molecular flexibility index (Phi) is 5.89. The van der Waals surface area contributed by atoms with Crippen molar-refractivity contribution in [3.8, 4) is 0 Å². The van der Waals surface area contributed by atoms with E-state index in [2.05, 4.69) is 39.2 Å². The topological polar surface area (TPSA) is 64.3 Å². The Morgan fingerprint density at radius 3 is 2.67 bits per heavy atom. The van der Waals surface area contributed by atoms with E-state index in [1.165, 1.54) is 18.4 Å². The van der Waals surface area contributed by atoms with Gasteiger partial charge in [0.2, 0.25) is 5.91 Å². The smallest absolute Gasteiger partial charge is 0.225 e. The van der Waals surface area contributed by atoms with Crippen molar-refractivity contribution in [2.75, 3.05) is 39.3 Å². The molecule has 6 nitrogen and oxygen atoms in total. The number of carbonyl (C=O) groups excluding carboxylic acids is 1. The number of amides is 1.